The maximum Gasteiger partial charge on any atom is 0.0625 e. The minimum atomic E-state index is 0.397. The van der Waals surface area contributed by atoms with Crippen molar-refractivity contribution in [3.05, 3.63) is 35.9 Å². The van der Waals surface area contributed by atoms with Crippen molar-refractivity contribution in [1.82, 2.24) is 5.32 Å². The monoisotopic (exact) mass is 291 g/mol. The van der Waals surface area contributed by atoms with Crippen molar-refractivity contribution in [3.63, 3.8) is 0 Å². The number of rotatable bonds is 11. The van der Waals surface area contributed by atoms with E-state index in [4.69, 9.17) is 4.74 Å². The minimum Gasteiger partial charge on any atom is -0.380 e. The third-order valence-corrected chi connectivity index (χ3v) is 4.18. The van der Waals surface area contributed by atoms with E-state index in [9.17, 15) is 0 Å². The van der Waals surface area contributed by atoms with E-state index in [1.165, 1.54) is 12.0 Å². The Labute approximate surface area is 131 Å². The van der Waals surface area contributed by atoms with Gasteiger partial charge in [0.25, 0.3) is 0 Å². The fraction of sp³-hybridized carbons (Fsp3) is 0.684. The molecule has 0 aromatic heterocycles. The topological polar surface area (TPSA) is 21.3 Å². The SMILES string of the molecule is CCCNC(COCCC)C(c1ccccc1)C(C)CC. The van der Waals surface area contributed by atoms with Gasteiger partial charge in [-0.15, -0.1) is 0 Å². The molecule has 1 aromatic rings. The molecule has 0 saturated carbocycles. The van der Waals surface area contributed by atoms with E-state index in [-0.39, 0.29) is 0 Å². The predicted octanol–water partition coefficient (Wildman–Crippen LogP) is 4.61. The van der Waals surface area contributed by atoms with Crippen LogP contribution in [-0.2, 0) is 4.74 Å². The van der Waals surface area contributed by atoms with Crippen LogP contribution in [0.5, 0.6) is 0 Å². The highest BCUT2D eigenvalue weighted by molar-refractivity contribution is 5.22. The summed E-state index contributed by atoms with van der Waals surface area (Å²) in [5, 5.41) is 3.72. The van der Waals surface area contributed by atoms with Gasteiger partial charge in [-0.2, -0.15) is 0 Å². The number of nitrogens with one attached hydrogen (secondary N) is 1. The van der Waals surface area contributed by atoms with E-state index in [0.717, 1.165) is 32.6 Å². The molecule has 21 heavy (non-hydrogen) atoms. The molecule has 0 aliphatic carbocycles. The van der Waals surface area contributed by atoms with Crippen LogP contribution in [0.4, 0.5) is 0 Å². The summed E-state index contributed by atoms with van der Waals surface area (Å²) >= 11 is 0. The minimum absolute atomic E-state index is 0.397. The fourth-order valence-corrected chi connectivity index (χ4v) is 2.86. The van der Waals surface area contributed by atoms with Crippen LogP contribution in [-0.4, -0.2) is 25.8 Å². The van der Waals surface area contributed by atoms with Crippen LogP contribution in [0.1, 0.15) is 58.4 Å². The second kappa shape index (κ2) is 10.8. The van der Waals surface area contributed by atoms with Crippen LogP contribution in [0.15, 0.2) is 30.3 Å². The molecular weight excluding hydrogens is 258 g/mol. The zero-order chi connectivity index (χ0) is 15.5. The average molecular weight is 291 g/mol. The molecule has 0 amide bonds. The van der Waals surface area contributed by atoms with E-state index >= 15 is 0 Å². The lowest BCUT2D eigenvalue weighted by Crippen LogP contribution is -2.41. The molecule has 2 heteroatoms. The van der Waals surface area contributed by atoms with Gasteiger partial charge in [-0.05, 0) is 30.9 Å². The molecule has 1 rings (SSSR count). The van der Waals surface area contributed by atoms with Gasteiger partial charge in [0.1, 0.15) is 0 Å². The fourth-order valence-electron chi connectivity index (χ4n) is 2.86. The number of benzene rings is 1. The van der Waals surface area contributed by atoms with Crippen molar-refractivity contribution in [2.24, 2.45) is 5.92 Å². The Morgan fingerprint density at radius 1 is 1.05 bits per heavy atom. The maximum absolute atomic E-state index is 5.88. The van der Waals surface area contributed by atoms with E-state index < -0.39 is 0 Å². The average Bonchev–Trinajstić information content (AvgIpc) is 2.53. The van der Waals surface area contributed by atoms with Crippen LogP contribution in [0.3, 0.4) is 0 Å². The van der Waals surface area contributed by atoms with Crippen LogP contribution in [0.25, 0.3) is 0 Å². The van der Waals surface area contributed by atoms with Crippen molar-refractivity contribution in [3.8, 4) is 0 Å². The van der Waals surface area contributed by atoms with Gasteiger partial charge in [-0.1, -0.05) is 64.4 Å². The Morgan fingerprint density at radius 2 is 1.76 bits per heavy atom. The largest absolute Gasteiger partial charge is 0.380 e. The zero-order valence-electron chi connectivity index (χ0n) is 14.3. The molecule has 0 fully saturated rings. The first-order chi connectivity index (χ1) is 10.2. The summed E-state index contributed by atoms with van der Waals surface area (Å²) in [5.41, 5.74) is 1.43. The molecule has 0 radical (unpaired) electrons. The molecule has 3 atom stereocenters. The summed E-state index contributed by atoms with van der Waals surface area (Å²) in [7, 11) is 0. The Morgan fingerprint density at radius 3 is 2.33 bits per heavy atom. The molecule has 1 aromatic carbocycles. The van der Waals surface area contributed by atoms with Crippen molar-refractivity contribution in [1.29, 1.82) is 0 Å². The lowest BCUT2D eigenvalue weighted by molar-refractivity contribution is 0.0962. The third kappa shape index (κ3) is 6.19. The zero-order valence-corrected chi connectivity index (χ0v) is 14.3. The number of hydrogen-bond donors (Lipinski definition) is 1. The molecule has 0 spiro atoms. The van der Waals surface area contributed by atoms with Crippen molar-refractivity contribution in [2.45, 2.75) is 58.9 Å². The second-order valence-corrected chi connectivity index (χ2v) is 5.96. The molecule has 0 saturated heterocycles. The van der Waals surface area contributed by atoms with Gasteiger partial charge in [0, 0.05) is 18.6 Å². The Balaban J connectivity index is 2.87. The van der Waals surface area contributed by atoms with Gasteiger partial charge in [-0.3, -0.25) is 0 Å². The predicted molar refractivity (Wildman–Crippen MR) is 91.8 cm³/mol. The molecular formula is C19H33NO. The van der Waals surface area contributed by atoms with Gasteiger partial charge in [0.15, 0.2) is 0 Å². The standard InChI is InChI=1S/C19H33NO/c1-5-13-20-18(15-21-14-6-2)19(16(4)7-3)17-11-9-8-10-12-17/h8-12,16,18-20H,5-7,13-15H2,1-4H3. The van der Waals surface area contributed by atoms with Gasteiger partial charge >= 0.3 is 0 Å². The summed E-state index contributed by atoms with van der Waals surface area (Å²) in [6.45, 7) is 11.7. The highest BCUT2D eigenvalue weighted by atomic mass is 16.5. The first kappa shape index (κ1) is 18.2. The third-order valence-electron chi connectivity index (χ3n) is 4.18. The van der Waals surface area contributed by atoms with E-state index in [1.54, 1.807) is 0 Å². The smallest absolute Gasteiger partial charge is 0.0625 e. The molecule has 120 valence electrons. The first-order valence-electron chi connectivity index (χ1n) is 8.60. The molecule has 2 nitrogen and oxygen atoms in total. The van der Waals surface area contributed by atoms with Crippen molar-refractivity contribution >= 4 is 0 Å². The molecule has 0 bridgehead atoms. The lowest BCUT2D eigenvalue weighted by Gasteiger charge is -2.33. The molecule has 1 N–H and O–H groups in total. The van der Waals surface area contributed by atoms with E-state index in [2.05, 4.69) is 63.3 Å². The highest BCUT2D eigenvalue weighted by Crippen LogP contribution is 2.30. The number of hydrogen-bond acceptors (Lipinski definition) is 2. The normalized spacial score (nSPS) is 15.6. The lowest BCUT2D eigenvalue weighted by atomic mass is 9.80. The Hall–Kier alpha value is -0.860. The Kier molecular flexibility index (Phi) is 9.36. The van der Waals surface area contributed by atoms with Gasteiger partial charge in [0.2, 0.25) is 0 Å². The van der Waals surface area contributed by atoms with Crippen LogP contribution >= 0.6 is 0 Å². The van der Waals surface area contributed by atoms with E-state index in [0.29, 0.717) is 17.9 Å². The van der Waals surface area contributed by atoms with Crippen LogP contribution in [0, 0.1) is 5.92 Å². The van der Waals surface area contributed by atoms with Gasteiger partial charge in [-0.25, -0.2) is 0 Å². The van der Waals surface area contributed by atoms with Crippen molar-refractivity contribution in [2.75, 3.05) is 19.8 Å². The highest BCUT2D eigenvalue weighted by Gasteiger charge is 2.27. The van der Waals surface area contributed by atoms with Crippen LogP contribution in [0.2, 0.25) is 0 Å². The molecule has 0 heterocycles. The summed E-state index contributed by atoms with van der Waals surface area (Å²) in [4.78, 5) is 0. The van der Waals surface area contributed by atoms with Crippen LogP contribution < -0.4 is 5.32 Å². The Bertz CT molecular complexity index is 352. The molecule has 0 aliphatic rings. The van der Waals surface area contributed by atoms with E-state index in [1.807, 2.05) is 0 Å². The first-order valence-corrected chi connectivity index (χ1v) is 8.60. The summed E-state index contributed by atoms with van der Waals surface area (Å²) < 4.78 is 5.88. The number of ether oxygens (including phenoxy) is 1. The molecule has 0 aliphatic heterocycles. The van der Waals surface area contributed by atoms with Gasteiger partial charge in [0.05, 0.1) is 6.61 Å². The summed E-state index contributed by atoms with van der Waals surface area (Å²) in [6.07, 6.45) is 3.43. The summed E-state index contributed by atoms with van der Waals surface area (Å²) in [6, 6.07) is 11.3. The van der Waals surface area contributed by atoms with Gasteiger partial charge < -0.3 is 10.1 Å². The second-order valence-electron chi connectivity index (χ2n) is 5.96. The quantitative estimate of drug-likeness (QED) is 0.601. The molecule has 3 unspecified atom stereocenters. The maximum atomic E-state index is 5.88. The van der Waals surface area contributed by atoms with Crippen molar-refractivity contribution < 1.29 is 4.74 Å². The summed E-state index contributed by atoms with van der Waals surface area (Å²) in [5.74, 6) is 1.16.